The number of nitrogens with zero attached hydrogens (tertiary/aromatic N) is 2. The Labute approximate surface area is 160 Å². The number of hydrogen-bond acceptors (Lipinski definition) is 2. The summed E-state index contributed by atoms with van der Waals surface area (Å²) in [7, 11) is 1.72. The largest absolute Gasteiger partial charge is 0.479 e. The first-order valence-corrected chi connectivity index (χ1v) is 9.85. The molecule has 0 aliphatic carbocycles. The molecule has 0 amide bonds. The number of aromatic nitrogens is 2. The minimum absolute atomic E-state index is 0.707. The maximum Gasteiger partial charge on any atom is 0.238 e. The fourth-order valence-corrected chi connectivity index (χ4v) is 3.87. The highest BCUT2D eigenvalue weighted by molar-refractivity contribution is 6.10. The zero-order chi connectivity index (χ0) is 18.6. The molecule has 0 spiro atoms. The lowest BCUT2D eigenvalue weighted by Crippen LogP contribution is -2.01. The Hall–Kier alpha value is -2.81. The molecule has 3 heteroatoms. The molecule has 0 saturated carbocycles. The molecule has 2 aromatic carbocycles. The first-order valence-electron chi connectivity index (χ1n) is 9.85. The second-order valence-electron chi connectivity index (χ2n) is 7.01. The van der Waals surface area contributed by atoms with E-state index in [-0.39, 0.29) is 0 Å². The smallest absolute Gasteiger partial charge is 0.238 e. The number of fused-ring (bicyclic) bond motifs is 3. The van der Waals surface area contributed by atoms with Crippen LogP contribution in [-0.2, 0) is 6.54 Å². The van der Waals surface area contributed by atoms with Crippen molar-refractivity contribution in [2.45, 2.75) is 39.2 Å². The highest BCUT2D eigenvalue weighted by atomic mass is 16.5. The van der Waals surface area contributed by atoms with Crippen molar-refractivity contribution in [2.24, 2.45) is 0 Å². The first kappa shape index (κ1) is 17.6. The molecule has 0 N–H and O–H groups in total. The molecule has 4 rings (SSSR count). The van der Waals surface area contributed by atoms with Crippen molar-refractivity contribution in [3.63, 3.8) is 0 Å². The van der Waals surface area contributed by atoms with Crippen LogP contribution in [0.25, 0.3) is 33.1 Å². The van der Waals surface area contributed by atoms with Gasteiger partial charge in [0.1, 0.15) is 5.52 Å². The van der Waals surface area contributed by atoms with Gasteiger partial charge in [-0.25, -0.2) is 4.98 Å². The van der Waals surface area contributed by atoms with E-state index in [1.807, 2.05) is 18.2 Å². The van der Waals surface area contributed by atoms with Gasteiger partial charge in [0.2, 0.25) is 5.88 Å². The summed E-state index contributed by atoms with van der Waals surface area (Å²) in [6.45, 7) is 3.24. The van der Waals surface area contributed by atoms with Gasteiger partial charge in [-0.1, -0.05) is 74.7 Å². The van der Waals surface area contributed by atoms with Crippen LogP contribution in [0.4, 0.5) is 0 Å². The molecule has 0 atom stereocenters. The molecule has 0 saturated heterocycles. The predicted molar refractivity (Wildman–Crippen MR) is 113 cm³/mol. The zero-order valence-electron chi connectivity index (χ0n) is 16.1. The van der Waals surface area contributed by atoms with Crippen molar-refractivity contribution in [1.82, 2.24) is 9.55 Å². The van der Waals surface area contributed by atoms with Gasteiger partial charge in [-0.2, -0.15) is 0 Å². The highest BCUT2D eigenvalue weighted by Gasteiger charge is 2.17. The maximum absolute atomic E-state index is 5.76. The Morgan fingerprint density at radius 2 is 1.67 bits per heavy atom. The minimum Gasteiger partial charge on any atom is -0.479 e. The summed E-state index contributed by atoms with van der Waals surface area (Å²) in [6.07, 6.45) is 4.96. The molecule has 0 bridgehead atoms. The van der Waals surface area contributed by atoms with Crippen LogP contribution in [0.15, 0.2) is 60.7 Å². The number of unbranched alkanes of at least 4 members (excludes halogenated alkanes) is 3. The van der Waals surface area contributed by atoms with E-state index < -0.39 is 0 Å². The van der Waals surface area contributed by atoms with Gasteiger partial charge in [-0.3, -0.25) is 0 Å². The van der Waals surface area contributed by atoms with Gasteiger partial charge in [0.05, 0.1) is 12.8 Å². The molecule has 0 unspecified atom stereocenters. The third kappa shape index (κ3) is 3.30. The molecule has 4 aromatic rings. The Morgan fingerprint density at radius 3 is 2.44 bits per heavy atom. The van der Waals surface area contributed by atoms with Crippen molar-refractivity contribution in [3.8, 4) is 17.1 Å². The molecule has 2 aromatic heterocycles. The highest BCUT2D eigenvalue weighted by Crippen LogP contribution is 2.36. The van der Waals surface area contributed by atoms with Gasteiger partial charge in [0.15, 0.2) is 0 Å². The van der Waals surface area contributed by atoms with Crippen molar-refractivity contribution in [2.75, 3.05) is 7.11 Å². The van der Waals surface area contributed by atoms with Gasteiger partial charge in [0.25, 0.3) is 0 Å². The summed E-state index contributed by atoms with van der Waals surface area (Å²) in [4.78, 5) is 4.85. The van der Waals surface area contributed by atoms with Crippen molar-refractivity contribution >= 4 is 21.8 Å². The van der Waals surface area contributed by atoms with Crippen LogP contribution in [0.1, 0.15) is 32.6 Å². The van der Waals surface area contributed by atoms with Crippen LogP contribution in [0, 0.1) is 0 Å². The summed E-state index contributed by atoms with van der Waals surface area (Å²) in [5.41, 5.74) is 4.43. The number of rotatable bonds is 7. The summed E-state index contributed by atoms with van der Waals surface area (Å²) in [5.74, 6) is 0.707. The zero-order valence-corrected chi connectivity index (χ0v) is 16.1. The number of hydrogen-bond donors (Lipinski definition) is 0. The SMILES string of the molecule is CCCCCCn1c2ccccc2c2cc(-c3ccccc3)nc(OC)c21. The van der Waals surface area contributed by atoms with E-state index in [4.69, 9.17) is 9.72 Å². The van der Waals surface area contributed by atoms with E-state index in [1.165, 1.54) is 42.0 Å². The van der Waals surface area contributed by atoms with Crippen molar-refractivity contribution < 1.29 is 4.74 Å². The summed E-state index contributed by atoms with van der Waals surface area (Å²) in [5, 5.41) is 2.48. The second kappa shape index (κ2) is 7.83. The number of aryl methyl sites for hydroxylation is 1. The lowest BCUT2D eigenvalue weighted by atomic mass is 10.1. The molecule has 3 nitrogen and oxygen atoms in total. The Kier molecular flexibility index (Phi) is 5.10. The van der Waals surface area contributed by atoms with E-state index in [0.717, 1.165) is 23.3 Å². The third-order valence-electron chi connectivity index (χ3n) is 5.21. The molecule has 0 aliphatic rings. The van der Waals surface area contributed by atoms with E-state index in [0.29, 0.717) is 5.88 Å². The normalized spacial score (nSPS) is 11.3. The molecule has 0 radical (unpaired) electrons. The number of benzene rings is 2. The predicted octanol–water partition coefficient (Wildman–Crippen LogP) is 6.45. The lowest BCUT2D eigenvalue weighted by molar-refractivity contribution is 0.401. The number of para-hydroxylation sites is 1. The Morgan fingerprint density at radius 1 is 0.889 bits per heavy atom. The van der Waals surface area contributed by atoms with Crippen LogP contribution in [0.3, 0.4) is 0 Å². The van der Waals surface area contributed by atoms with E-state index in [9.17, 15) is 0 Å². The Balaban J connectivity index is 1.91. The maximum atomic E-state index is 5.76. The molecule has 0 fully saturated rings. The van der Waals surface area contributed by atoms with Crippen LogP contribution in [-0.4, -0.2) is 16.7 Å². The number of methoxy groups -OCH3 is 1. The quantitative estimate of drug-likeness (QED) is 0.355. The molecular formula is C24H26N2O. The lowest BCUT2D eigenvalue weighted by Gasteiger charge is -2.11. The first-order chi connectivity index (χ1) is 13.3. The average Bonchev–Trinajstić information content (AvgIpc) is 3.05. The third-order valence-corrected chi connectivity index (χ3v) is 5.21. The fourth-order valence-electron chi connectivity index (χ4n) is 3.87. The van der Waals surface area contributed by atoms with Gasteiger partial charge in [-0.05, 0) is 18.6 Å². The average molecular weight is 358 g/mol. The van der Waals surface area contributed by atoms with Gasteiger partial charge in [-0.15, -0.1) is 0 Å². The van der Waals surface area contributed by atoms with Crippen LogP contribution in [0.2, 0.25) is 0 Å². The standard InChI is InChI=1S/C24H26N2O/c1-3-4-5-11-16-26-22-15-10-9-14-19(22)20-17-21(18-12-7-6-8-13-18)25-24(27-2)23(20)26/h6-10,12-15,17H,3-5,11,16H2,1-2H3. The van der Waals surface area contributed by atoms with Crippen LogP contribution >= 0.6 is 0 Å². The molecule has 27 heavy (non-hydrogen) atoms. The second-order valence-corrected chi connectivity index (χ2v) is 7.01. The summed E-state index contributed by atoms with van der Waals surface area (Å²) in [6, 6.07) is 21.1. The Bertz CT molecular complexity index is 1050. The molecule has 2 heterocycles. The summed E-state index contributed by atoms with van der Waals surface area (Å²) < 4.78 is 8.15. The summed E-state index contributed by atoms with van der Waals surface area (Å²) >= 11 is 0. The molecule has 138 valence electrons. The topological polar surface area (TPSA) is 27.1 Å². The van der Waals surface area contributed by atoms with Crippen molar-refractivity contribution in [1.29, 1.82) is 0 Å². The van der Waals surface area contributed by atoms with Gasteiger partial charge < -0.3 is 9.30 Å². The van der Waals surface area contributed by atoms with E-state index in [1.54, 1.807) is 7.11 Å². The van der Waals surface area contributed by atoms with Crippen LogP contribution < -0.4 is 4.74 Å². The van der Waals surface area contributed by atoms with E-state index in [2.05, 4.69) is 54.0 Å². The van der Waals surface area contributed by atoms with E-state index >= 15 is 0 Å². The molecular weight excluding hydrogens is 332 g/mol. The molecule has 0 aliphatic heterocycles. The fraction of sp³-hybridized carbons (Fsp3) is 0.292. The number of ether oxygens (including phenoxy) is 1. The number of pyridine rings is 1. The van der Waals surface area contributed by atoms with Gasteiger partial charge >= 0.3 is 0 Å². The van der Waals surface area contributed by atoms with Gasteiger partial charge in [0, 0.05) is 28.4 Å². The van der Waals surface area contributed by atoms with Crippen molar-refractivity contribution in [3.05, 3.63) is 60.7 Å². The minimum atomic E-state index is 0.707. The van der Waals surface area contributed by atoms with Crippen LogP contribution in [0.5, 0.6) is 5.88 Å². The monoisotopic (exact) mass is 358 g/mol.